The van der Waals surface area contributed by atoms with E-state index in [2.05, 4.69) is 0 Å². The van der Waals surface area contributed by atoms with Crippen LogP contribution < -0.4 is 4.90 Å². The van der Waals surface area contributed by atoms with Gasteiger partial charge in [-0.15, -0.1) is 0 Å². The molecule has 1 aliphatic carbocycles. The number of hydrogen-bond acceptors (Lipinski definition) is 4. The van der Waals surface area contributed by atoms with E-state index in [-0.39, 0.29) is 40.6 Å². The second kappa shape index (κ2) is 7.57. The van der Waals surface area contributed by atoms with Gasteiger partial charge in [0.25, 0.3) is 5.69 Å². The van der Waals surface area contributed by atoms with Crippen molar-refractivity contribution in [1.82, 2.24) is 0 Å². The molecule has 0 aromatic heterocycles. The minimum Gasteiger partial charge on any atom is -0.294 e. The molecule has 0 bridgehead atoms. The van der Waals surface area contributed by atoms with Gasteiger partial charge in [-0.25, -0.2) is 4.39 Å². The first kappa shape index (κ1) is 21.2. The normalized spacial score (nSPS) is 20.6. The number of nitro groups is 1. The number of rotatable bonds is 3. The zero-order valence-corrected chi connectivity index (χ0v) is 17.8. The third-order valence-corrected chi connectivity index (χ3v) is 6.14. The zero-order valence-electron chi connectivity index (χ0n) is 17.0. The first-order valence-corrected chi connectivity index (χ1v) is 10.2. The van der Waals surface area contributed by atoms with E-state index in [1.807, 2.05) is 13.8 Å². The number of ketones is 1. The Labute approximate surface area is 183 Å². The van der Waals surface area contributed by atoms with Crippen molar-refractivity contribution in [2.24, 2.45) is 5.41 Å². The van der Waals surface area contributed by atoms with Crippen LogP contribution in [-0.4, -0.2) is 16.6 Å². The second-order valence-corrected chi connectivity index (χ2v) is 9.08. The highest BCUT2D eigenvalue weighted by Gasteiger charge is 2.46. The standard InChI is InChI=1S/C23H20ClFN2O4/c1-23(2)11-18-22(19(28)12-23)13(21-14(24)6-5-7-15(21)25)10-20(29)26(18)16-8-3-4-9-17(16)27(30)31/h3-9,13H,10-12H2,1-2H3. The molecular weight excluding hydrogens is 423 g/mol. The molecule has 0 spiro atoms. The summed E-state index contributed by atoms with van der Waals surface area (Å²) >= 11 is 6.28. The van der Waals surface area contributed by atoms with E-state index in [0.29, 0.717) is 17.7 Å². The predicted octanol–water partition coefficient (Wildman–Crippen LogP) is 5.55. The van der Waals surface area contributed by atoms with Gasteiger partial charge in [0.15, 0.2) is 5.78 Å². The fraction of sp³-hybridized carbons (Fsp3) is 0.304. The van der Waals surface area contributed by atoms with Crippen LogP contribution in [-0.2, 0) is 9.59 Å². The first-order chi connectivity index (χ1) is 14.6. The van der Waals surface area contributed by atoms with Crippen LogP contribution in [0.3, 0.4) is 0 Å². The molecule has 2 aromatic rings. The number of benzene rings is 2. The highest BCUT2D eigenvalue weighted by atomic mass is 35.5. The summed E-state index contributed by atoms with van der Waals surface area (Å²) in [5.41, 5.74) is 0.216. The van der Waals surface area contributed by atoms with Gasteiger partial charge in [-0.2, -0.15) is 0 Å². The van der Waals surface area contributed by atoms with Crippen LogP contribution >= 0.6 is 11.6 Å². The van der Waals surface area contributed by atoms with Crippen molar-refractivity contribution in [2.75, 3.05) is 4.90 Å². The van der Waals surface area contributed by atoms with E-state index in [1.54, 1.807) is 6.07 Å². The van der Waals surface area contributed by atoms with Crippen molar-refractivity contribution in [2.45, 2.75) is 39.0 Å². The number of nitrogens with zero attached hydrogens (tertiary/aromatic N) is 2. The van der Waals surface area contributed by atoms with Gasteiger partial charge in [-0.1, -0.05) is 43.6 Å². The Morgan fingerprint density at radius 1 is 1.13 bits per heavy atom. The smallest absolute Gasteiger partial charge is 0.293 e. The van der Waals surface area contributed by atoms with E-state index in [1.165, 1.54) is 41.3 Å². The molecule has 160 valence electrons. The van der Waals surface area contributed by atoms with Crippen LogP contribution in [0.15, 0.2) is 53.7 Å². The number of allylic oxidation sites excluding steroid dienone is 2. The van der Waals surface area contributed by atoms with Crippen molar-refractivity contribution in [3.05, 3.63) is 80.3 Å². The van der Waals surface area contributed by atoms with E-state index in [4.69, 9.17) is 11.6 Å². The van der Waals surface area contributed by atoms with Crippen molar-refractivity contribution < 1.29 is 18.9 Å². The van der Waals surface area contributed by atoms with Gasteiger partial charge in [0.05, 0.1) is 4.92 Å². The maximum absolute atomic E-state index is 14.8. The highest BCUT2D eigenvalue weighted by molar-refractivity contribution is 6.31. The summed E-state index contributed by atoms with van der Waals surface area (Å²) in [4.78, 5) is 38.9. The lowest BCUT2D eigenvalue weighted by Crippen LogP contribution is -2.44. The molecule has 8 heteroatoms. The Balaban J connectivity index is 1.99. The molecule has 2 aromatic carbocycles. The molecule has 1 heterocycles. The average molecular weight is 443 g/mol. The molecule has 4 rings (SSSR count). The number of halogens is 2. The molecule has 0 radical (unpaired) electrons. The molecule has 1 aliphatic heterocycles. The number of Topliss-reactive ketones (excluding diaryl/α,β-unsaturated/α-hetero) is 1. The monoisotopic (exact) mass is 442 g/mol. The minimum atomic E-state index is -0.834. The van der Waals surface area contributed by atoms with E-state index in [9.17, 15) is 24.1 Å². The van der Waals surface area contributed by atoms with Crippen LogP contribution in [0.2, 0.25) is 5.02 Å². The number of para-hydroxylation sites is 2. The Morgan fingerprint density at radius 3 is 2.52 bits per heavy atom. The van der Waals surface area contributed by atoms with Crippen molar-refractivity contribution in [3.8, 4) is 0 Å². The number of carbonyl (C=O) groups is 2. The van der Waals surface area contributed by atoms with E-state index >= 15 is 0 Å². The highest BCUT2D eigenvalue weighted by Crippen LogP contribution is 2.50. The number of carbonyl (C=O) groups excluding carboxylic acids is 2. The van der Waals surface area contributed by atoms with Gasteiger partial charge in [0, 0.05) is 46.7 Å². The molecule has 1 atom stereocenters. The van der Waals surface area contributed by atoms with Crippen LogP contribution in [0.25, 0.3) is 0 Å². The Morgan fingerprint density at radius 2 is 1.84 bits per heavy atom. The SMILES string of the molecule is CC1(C)CC(=O)C2=C(C1)N(c1ccccc1[N+](=O)[O-])C(=O)CC2c1c(F)cccc1Cl. The summed E-state index contributed by atoms with van der Waals surface area (Å²) in [6, 6.07) is 10.2. The quantitative estimate of drug-likeness (QED) is 0.461. The summed E-state index contributed by atoms with van der Waals surface area (Å²) in [6.45, 7) is 3.80. The lowest BCUT2D eigenvalue weighted by molar-refractivity contribution is -0.384. The Kier molecular flexibility index (Phi) is 5.17. The van der Waals surface area contributed by atoms with Crippen molar-refractivity contribution in [3.63, 3.8) is 0 Å². The van der Waals surface area contributed by atoms with Gasteiger partial charge in [-0.05, 0) is 30.0 Å². The molecule has 0 N–H and O–H groups in total. The Bertz CT molecular complexity index is 1140. The molecule has 0 saturated heterocycles. The predicted molar refractivity (Wildman–Crippen MR) is 114 cm³/mol. The number of amides is 1. The first-order valence-electron chi connectivity index (χ1n) is 9.87. The summed E-state index contributed by atoms with van der Waals surface area (Å²) < 4.78 is 14.8. The minimum absolute atomic E-state index is 0.105. The van der Waals surface area contributed by atoms with Gasteiger partial charge < -0.3 is 0 Å². The van der Waals surface area contributed by atoms with E-state index < -0.39 is 28.0 Å². The Hall–Kier alpha value is -3.06. The second-order valence-electron chi connectivity index (χ2n) is 8.67. The molecule has 0 saturated carbocycles. The molecule has 2 aliphatic rings. The van der Waals surface area contributed by atoms with Gasteiger partial charge in [0.2, 0.25) is 5.91 Å². The van der Waals surface area contributed by atoms with Crippen molar-refractivity contribution in [1.29, 1.82) is 0 Å². The van der Waals surface area contributed by atoms with Gasteiger partial charge in [-0.3, -0.25) is 24.6 Å². The molecular formula is C23H20ClFN2O4. The van der Waals surface area contributed by atoms with Crippen LogP contribution in [0, 0.1) is 21.3 Å². The van der Waals surface area contributed by atoms with Crippen molar-refractivity contribution >= 4 is 34.7 Å². The van der Waals surface area contributed by atoms with Gasteiger partial charge in [0.1, 0.15) is 11.5 Å². The summed E-state index contributed by atoms with van der Waals surface area (Å²) in [6.07, 6.45) is 0.361. The maximum atomic E-state index is 14.8. The summed E-state index contributed by atoms with van der Waals surface area (Å²) in [5.74, 6) is -2.07. The molecule has 1 unspecified atom stereocenters. The van der Waals surface area contributed by atoms with Crippen LogP contribution in [0.1, 0.15) is 44.6 Å². The van der Waals surface area contributed by atoms with Crippen LogP contribution in [0.5, 0.6) is 0 Å². The van der Waals surface area contributed by atoms with E-state index in [0.717, 1.165) is 0 Å². The van der Waals surface area contributed by atoms with Crippen LogP contribution in [0.4, 0.5) is 15.8 Å². The zero-order chi connectivity index (χ0) is 22.5. The molecule has 6 nitrogen and oxygen atoms in total. The molecule has 0 fully saturated rings. The average Bonchev–Trinajstić information content (AvgIpc) is 2.66. The molecule has 1 amide bonds. The lowest BCUT2D eigenvalue weighted by Gasteiger charge is -2.42. The number of anilines is 1. The summed E-state index contributed by atoms with van der Waals surface area (Å²) in [7, 11) is 0. The third kappa shape index (κ3) is 3.63. The maximum Gasteiger partial charge on any atom is 0.293 e. The number of nitro benzene ring substituents is 1. The fourth-order valence-electron chi connectivity index (χ4n) is 4.59. The third-order valence-electron chi connectivity index (χ3n) is 5.81. The topological polar surface area (TPSA) is 80.5 Å². The fourth-order valence-corrected chi connectivity index (χ4v) is 4.89. The van der Waals surface area contributed by atoms with Gasteiger partial charge >= 0.3 is 0 Å². The summed E-state index contributed by atoms with van der Waals surface area (Å²) in [5, 5.41) is 11.8. The number of hydrogen-bond donors (Lipinski definition) is 0. The largest absolute Gasteiger partial charge is 0.294 e. The lowest BCUT2D eigenvalue weighted by atomic mass is 9.69. The molecule has 31 heavy (non-hydrogen) atoms.